The van der Waals surface area contributed by atoms with Crippen LogP contribution in [0.3, 0.4) is 0 Å². The number of nitro groups is 1. The molecule has 0 spiro atoms. The number of nitro benzene ring substituents is 1. The van der Waals surface area contributed by atoms with Crippen molar-refractivity contribution in [1.82, 2.24) is 0 Å². The van der Waals surface area contributed by atoms with Gasteiger partial charge in [0.05, 0.1) is 4.92 Å². The SMILES string of the molecule is CC(C)(C)c1ccc(C(=O)C=Cc2ccc([N+](=O)[O-])cc2)cc1. The number of ketones is 1. The Bertz CT molecular complexity index is 736. The minimum atomic E-state index is -0.449. The molecule has 2 rings (SSSR count). The van der Waals surface area contributed by atoms with Gasteiger partial charge in [0.2, 0.25) is 0 Å². The van der Waals surface area contributed by atoms with E-state index in [2.05, 4.69) is 20.8 Å². The molecular formula is C19H19NO3. The lowest BCUT2D eigenvalue weighted by atomic mass is 9.86. The number of hydrogen-bond acceptors (Lipinski definition) is 3. The first kappa shape index (κ1) is 16.6. The quantitative estimate of drug-likeness (QED) is 0.353. The van der Waals surface area contributed by atoms with Gasteiger partial charge in [-0.25, -0.2) is 0 Å². The van der Waals surface area contributed by atoms with E-state index in [4.69, 9.17) is 0 Å². The van der Waals surface area contributed by atoms with Gasteiger partial charge < -0.3 is 0 Å². The van der Waals surface area contributed by atoms with E-state index in [-0.39, 0.29) is 16.9 Å². The molecule has 4 heteroatoms. The summed E-state index contributed by atoms with van der Waals surface area (Å²) in [6.45, 7) is 6.37. The van der Waals surface area contributed by atoms with E-state index in [0.29, 0.717) is 5.56 Å². The molecule has 2 aromatic carbocycles. The van der Waals surface area contributed by atoms with Crippen LogP contribution < -0.4 is 0 Å². The summed E-state index contributed by atoms with van der Waals surface area (Å²) in [4.78, 5) is 22.3. The van der Waals surface area contributed by atoms with Gasteiger partial charge in [0.15, 0.2) is 5.78 Å². The average molecular weight is 309 g/mol. The van der Waals surface area contributed by atoms with Crippen LogP contribution in [-0.2, 0) is 5.41 Å². The van der Waals surface area contributed by atoms with Crippen LogP contribution in [0.1, 0.15) is 42.3 Å². The number of carbonyl (C=O) groups is 1. The highest BCUT2D eigenvalue weighted by Gasteiger charge is 2.13. The topological polar surface area (TPSA) is 60.2 Å². The van der Waals surface area contributed by atoms with Crippen LogP contribution >= 0.6 is 0 Å². The van der Waals surface area contributed by atoms with Crippen molar-refractivity contribution in [2.24, 2.45) is 0 Å². The Morgan fingerprint density at radius 3 is 2.04 bits per heavy atom. The monoisotopic (exact) mass is 309 g/mol. The van der Waals surface area contributed by atoms with Gasteiger partial charge in [-0.1, -0.05) is 51.1 Å². The van der Waals surface area contributed by atoms with Gasteiger partial charge >= 0.3 is 0 Å². The van der Waals surface area contributed by atoms with Gasteiger partial charge in [0.1, 0.15) is 0 Å². The van der Waals surface area contributed by atoms with E-state index in [1.165, 1.54) is 23.8 Å². The molecule has 0 unspecified atom stereocenters. The van der Waals surface area contributed by atoms with Crippen LogP contribution in [0.25, 0.3) is 6.08 Å². The van der Waals surface area contributed by atoms with Gasteiger partial charge in [0.25, 0.3) is 5.69 Å². The molecule has 0 aromatic heterocycles. The largest absolute Gasteiger partial charge is 0.289 e. The predicted octanol–water partition coefficient (Wildman–Crippen LogP) is 4.79. The van der Waals surface area contributed by atoms with Crippen LogP contribution in [0.15, 0.2) is 54.6 Å². The maximum absolute atomic E-state index is 12.2. The van der Waals surface area contributed by atoms with Crippen LogP contribution in [-0.4, -0.2) is 10.7 Å². The third kappa shape index (κ3) is 4.36. The van der Waals surface area contributed by atoms with Crippen molar-refractivity contribution in [1.29, 1.82) is 0 Å². The molecule has 23 heavy (non-hydrogen) atoms. The molecule has 0 amide bonds. The summed E-state index contributed by atoms with van der Waals surface area (Å²) in [6.07, 6.45) is 3.14. The molecule has 0 saturated carbocycles. The normalized spacial score (nSPS) is 11.6. The molecule has 4 nitrogen and oxygen atoms in total. The van der Waals surface area contributed by atoms with E-state index >= 15 is 0 Å². The van der Waals surface area contributed by atoms with Crippen molar-refractivity contribution in [3.8, 4) is 0 Å². The molecular weight excluding hydrogens is 290 g/mol. The second kappa shape index (κ2) is 6.57. The second-order valence-electron chi connectivity index (χ2n) is 6.37. The molecule has 0 aliphatic rings. The third-order valence-electron chi connectivity index (χ3n) is 3.57. The van der Waals surface area contributed by atoms with E-state index < -0.39 is 4.92 Å². The smallest absolute Gasteiger partial charge is 0.269 e. The minimum absolute atomic E-state index is 0.0336. The van der Waals surface area contributed by atoms with Gasteiger partial charge in [-0.3, -0.25) is 14.9 Å². The summed E-state index contributed by atoms with van der Waals surface area (Å²) in [7, 11) is 0. The lowest BCUT2D eigenvalue weighted by molar-refractivity contribution is -0.384. The average Bonchev–Trinajstić information content (AvgIpc) is 2.52. The maximum Gasteiger partial charge on any atom is 0.269 e. The fourth-order valence-electron chi connectivity index (χ4n) is 2.11. The molecule has 0 N–H and O–H groups in total. The molecule has 0 aliphatic heterocycles. The zero-order chi connectivity index (χ0) is 17.0. The summed E-state index contributed by atoms with van der Waals surface area (Å²) in [6, 6.07) is 13.6. The summed E-state index contributed by atoms with van der Waals surface area (Å²) in [5.74, 6) is -0.0937. The van der Waals surface area contributed by atoms with Crippen molar-refractivity contribution in [3.63, 3.8) is 0 Å². The number of nitrogens with zero attached hydrogens (tertiary/aromatic N) is 1. The lowest BCUT2D eigenvalue weighted by Crippen LogP contribution is -2.11. The molecule has 0 radical (unpaired) electrons. The first-order valence-electron chi connectivity index (χ1n) is 7.35. The fraction of sp³-hybridized carbons (Fsp3) is 0.211. The second-order valence-corrected chi connectivity index (χ2v) is 6.37. The number of benzene rings is 2. The van der Waals surface area contributed by atoms with Crippen LogP contribution in [0.4, 0.5) is 5.69 Å². The van der Waals surface area contributed by atoms with Gasteiger partial charge in [0, 0.05) is 17.7 Å². The Labute approximate surface area is 135 Å². The molecule has 118 valence electrons. The van der Waals surface area contributed by atoms with Gasteiger partial charge in [-0.2, -0.15) is 0 Å². The minimum Gasteiger partial charge on any atom is -0.289 e. The zero-order valence-corrected chi connectivity index (χ0v) is 13.4. The van der Waals surface area contributed by atoms with E-state index in [9.17, 15) is 14.9 Å². The van der Waals surface area contributed by atoms with Crippen molar-refractivity contribution in [2.75, 3.05) is 0 Å². The molecule has 0 aliphatic carbocycles. The Morgan fingerprint density at radius 2 is 1.57 bits per heavy atom. The van der Waals surface area contributed by atoms with Crippen molar-refractivity contribution >= 4 is 17.5 Å². The molecule has 2 aromatic rings. The first-order chi connectivity index (χ1) is 10.8. The summed E-state index contributed by atoms with van der Waals surface area (Å²) in [5.41, 5.74) is 2.63. The Balaban J connectivity index is 2.10. The maximum atomic E-state index is 12.2. The van der Waals surface area contributed by atoms with Gasteiger partial charge in [-0.05, 0) is 34.8 Å². The summed E-state index contributed by atoms with van der Waals surface area (Å²) < 4.78 is 0. The molecule has 0 saturated heterocycles. The highest BCUT2D eigenvalue weighted by Crippen LogP contribution is 2.22. The summed E-state index contributed by atoms with van der Waals surface area (Å²) in [5, 5.41) is 10.6. The van der Waals surface area contributed by atoms with Crippen LogP contribution in [0.2, 0.25) is 0 Å². The molecule has 0 fully saturated rings. The Hall–Kier alpha value is -2.75. The van der Waals surface area contributed by atoms with Crippen LogP contribution in [0, 0.1) is 10.1 Å². The first-order valence-corrected chi connectivity index (χ1v) is 7.35. The van der Waals surface area contributed by atoms with E-state index in [1.54, 1.807) is 18.2 Å². The molecule has 0 atom stereocenters. The highest BCUT2D eigenvalue weighted by atomic mass is 16.6. The number of rotatable bonds is 4. The van der Waals surface area contributed by atoms with Crippen molar-refractivity contribution in [2.45, 2.75) is 26.2 Å². The Morgan fingerprint density at radius 1 is 1.00 bits per heavy atom. The van der Waals surface area contributed by atoms with Crippen molar-refractivity contribution < 1.29 is 9.72 Å². The van der Waals surface area contributed by atoms with Crippen molar-refractivity contribution in [3.05, 3.63) is 81.4 Å². The highest BCUT2D eigenvalue weighted by molar-refractivity contribution is 6.06. The van der Waals surface area contributed by atoms with E-state index in [1.807, 2.05) is 24.3 Å². The predicted molar refractivity (Wildman–Crippen MR) is 91.6 cm³/mol. The van der Waals surface area contributed by atoms with Crippen LogP contribution in [0.5, 0.6) is 0 Å². The standard InChI is InChI=1S/C19H19NO3/c1-19(2,3)16-9-7-15(8-10-16)18(21)13-6-14-4-11-17(12-5-14)20(22)23/h4-13H,1-3H3. The number of non-ortho nitro benzene ring substituents is 1. The lowest BCUT2D eigenvalue weighted by Gasteiger charge is -2.18. The number of carbonyl (C=O) groups excluding carboxylic acids is 1. The van der Waals surface area contributed by atoms with E-state index in [0.717, 1.165) is 5.56 Å². The zero-order valence-electron chi connectivity index (χ0n) is 13.4. The number of hydrogen-bond donors (Lipinski definition) is 0. The fourth-order valence-corrected chi connectivity index (χ4v) is 2.11. The molecule has 0 heterocycles. The molecule has 0 bridgehead atoms. The van der Waals surface area contributed by atoms with Gasteiger partial charge in [-0.15, -0.1) is 0 Å². The Kier molecular flexibility index (Phi) is 4.74. The third-order valence-corrected chi connectivity index (χ3v) is 3.57. The summed E-state index contributed by atoms with van der Waals surface area (Å²) >= 11 is 0. The number of allylic oxidation sites excluding steroid dienone is 1.